The summed E-state index contributed by atoms with van der Waals surface area (Å²) >= 11 is 7.42. The minimum atomic E-state index is -0.315. The van der Waals surface area contributed by atoms with E-state index in [4.69, 9.17) is 16.3 Å². The molecule has 3 aromatic heterocycles. The molecule has 1 aromatic carbocycles. The molecule has 0 saturated heterocycles. The van der Waals surface area contributed by atoms with Gasteiger partial charge in [0.05, 0.1) is 18.8 Å². The lowest BCUT2D eigenvalue weighted by Gasteiger charge is -2.09. The van der Waals surface area contributed by atoms with Crippen LogP contribution in [0.4, 0.5) is 5.00 Å². The molecule has 0 aliphatic carbocycles. The summed E-state index contributed by atoms with van der Waals surface area (Å²) in [6.07, 6.45) is 4.83. The lowest BCUT2D eigenvalue weighted by atomic mass is 10.1. The second-order valence-electron chi connectivity index (χ2n) is 5.27. The van der Waals surface area contributed by atoms with Crippen LogP contribution in [-0.2, 0) is 0 Å². The first-order valence-electron chi connectivity index (χ1n) is 7.54. The van der Waals surface area contributed by atoms with Crippen LogP contribution in [0, 0.1) is 0 Å². The predicted octanol–water partition coefficient (Wildman–Crippen LogP) is 3.77. The van der Waals surface area contributed by atoms with Crippen LogP contribution in [0.15, 0.2) is 48.4 Å². The van der Waals surface area contributed by atoms with E-state index in [1.165, 1.54) is 17.5 Å². The first-order valence-corrected chi connectivity index (χ1v) is 8.80. The van der Waals surface area contributed by atoms with Crippen molar-refractivity contribution in [2.45, 2.75) is 0 Å². The van der Waals surface area contributed by atoms with Gasteiger partial charge in [-0.3, -0.25) is 4.79 Å². The number of ether oxygens (including phenoxy) is 1. The average molecular weight is 386 g/mol. The summed E-state index contributed by atoms with van der Waals surface area (Å²) in [5.41, 5.74) is 3.81. The van der Waals surface area contributed by atoms with Gasteiger partial charge in [-0.25, -0.2) is 14.5 Å². The molecule has 0 spiro atoms. The van der Waals surface area contributed by atoms with Gasteiger partial charge in [0.15, 0.2) is 5.65 Å². The number of fused-ring (bicyclic) bond motifs is 1. The van der Waals surface area contributed by atoms with Gasteiger partial charge >= 0.3 is 0 Å². The van der Waals surface area contributed by atoms with Crippen molar-refractivity contribution in [3.63, 3.8) is 0 Å². The number of thiazole rings is 1. The Morgan fingerprint density at radius 3 is 3.08 bits per heavy atom. The summed E-state index contributed by atoms with van der Waals surface area (Å²) in [6.45, 7) is 0. The molecule has 3 heterocycles. The van der Waals surface area contributed by atoms with Crippen molar-refractivity contribution in [2.24, 2.45) is 0 Å². The highest BCUT2D eigenvalue weighted by Crippen LogP contribution is 2.38. The van der Waals surface area contributed by atoms with Gasteiger partial charge < -0.3 is 10.1 Å². The molecule has 0 saturated carbocycles. The second-order valence-corrected chi connectivity index (χ2v) is 6.57. The molecule has 7 nitrogen and oxygen atoms in total. The fourth-order valence-electron chi connectivity index (χ4n) is 2.55. The number of hydrogen-bond acceptors (Lipinski definition) is 6. The number of hydrogen-bond donors (Lipinski definition) is 1. The van der Waals surface area contributed by atoms with E-state index in [1.807, 2.05) is 0 Å². The van der Waals surface area contributed by atoms with E-state index < -0.39 is 0 Å². The number of rotatable bonds is 4. The molecular formula is C17H12ClN5O2S. The number of amides is 1. The van der Waals surface area contributed by atoms with Crippen LogP contribution in [0.3, 0.4) is 0 Å². The van der Waals surface area contributed by atoms with E-state index in [-0.39, 0.29) is 5.91 Å². The Labute approximate surface area is 157 Å². The van der Waals surface area contributed by atoms with Gasteiger partial charge in [-0.05, 0) is 24.3 Å². The van der Waals surface area contributed by atoms with Crippen molar-refractivity contribution in [1.82, 2.24) is 19.6 Å². The summed E-state index contributed by atoms with van der Waals surface area (Å²) in [7, 11) is 1.57. The first kappa shape index (κ1) is 16.5. The Morgan fingerprint density at radius 2 is 2.23 bits per heavy atom. The fraction of sp³-hybridized carbons (Fsp3) is 0.0588. The van der Waals surface area contributed by atoms with Crippen LogP contribution in [0.1, 0.15) is 10.4 Å². The summed E-state index contributed by atoms with van der Waals surface area (Å²) in [6, 6.07) is 6.99. The van der Waals surface area contributed by atoms with Crippen molar-refractivity contribution in [3.05, 3.63) is 59.0 Å². The third-order valence-corrected chi connectivity index (χ3v) is 4.71. The van der Waals surface area contributed by atoms with E-state index in [0.717, 1.165) is 0 Å². The third kappa shape index (κ3) is 2.89. The number of benzene rings is 1. The van der Waals surface area contributed by atoms with Crippen molar-refractivity contribution < 1.29 is 9.53 Å². The molecule has 0 bridgehead atoms. The summed E-state index contributed by atoms with van der Waals surface area (Å²) < 4.78 is 6.93. The first-order chi connectivity index (χ1) is 12.7. The van der Waals surface area contributed by atoms with Crippen LogP contribution in [0.2, 0.25) is 5.02 Å². The number of nitrogens with zero attached hydrogens (tertiary/aromatic N) is 4. The molecule has 0 unspecified atom stereocenters. The average Bonchev–Trinajstić information content (AvgIpc) is 3.28. The predicted molar refractivity (Wildman–Crippen MR) is 100 cm³/mol. The number of anilines is 1. The zero-order valence-corrected chi connectivity index (χ0v) is 15.1. The number of halogens is 1. The lowest BCUT2D eigenvalue weighted by Crippen LogP contribution is -2.11. The van der Waals surface area contributed by atoms with Crippen LogP contribution < -0.4 is 10.1 Å². The number of carbonyl (C=O) groups is 1. The molecule has 4 aromatic rings. The standard InChI is InChI=1S/C17H12ClN5O2S/c1-25-13-4-3-10(18)7-11(13)14-17(26-9-20-14)22-16(24)12-8-21-23-6-2-5-19-15(12)23/h2-9H,1H3,(H,22,24). The van der Waals surface area contributed by atoms with Gasteiger partial charge in [0.1, 0.15) is 22.0 Å². The summed E-state index contributed by atoms with van der Waals surface area (Å²) in [5.74, 6) is 0.304. The van der Waals surface area contributed by atoms with Crippen molar-refractivity contribution in [3.8, 4) is 17.0 Å². The molecule has 0 aliphatic heterocycles. The van der Waals surface area contributed by atoms with Crippen molar-refractivity contribution in [2.75, 3.05) is 12.4 Å². The van der Waals surface area contributed by atoms with E-state index in [9.17, 15) is 4.79 Å². The second kappa shape index (κ2) is 6.74. The monoisotopic (exact) mass is 385 g/mol. The quantitative estimate of drug-likeness (QED) is 0.578. The van der Waals surface area contributed by atoms with Crippen molar-refractivity contribution >= 4 is 39.5 Å². The summed E-state index contributed by atoms with van der Waals surface area (Å²) in [4.78, 5) is 21.3. The Hall–Kier alpha value is -2.97. The molecule has 0 radical (unpaired) electrons. The fourth-order valence-corrected chi connectivity index (χ4v) is 3.41. The molecule has 4 rings (SSSR count). The molecule has 26 heavy (non-hydrogen) atoms. The Bertz CT molecular complexity index is 1110. The highest BCUT2D eigenvalue weighted by atomic mass is 35.5. The van der Waals surface area contributed by atoms with Gasteiger partial charge in [-0.2, -0.15) is 5.10 Å². The number of methoxy groups -OCH3 is 1. The van der Waals surface area contributed by atoms with E-state index >= 15 is 0 Å². The summed E-state index contributed by atoms with van der Waals surface area (Å²) in [5, 5.41) is 8.15. The smallest absolute Gasteiger partial charge is 0.261 e. The Balaban J connectivity index is 1.70. The largest absolute Gasteiger partial charge is 0.496 e. The zero-order chi connectivity index (χ0) is 18.1. The number of aromatic nitrogens is 4. The van der Waals surface area contributed by atoms with E-state index in [2.05, 4.69) is 20.4 Å². The van der Waals surface area contributed by atoms with Gasteiger partial charge in [-0.15, -0.1) is 11.3 Å². The molecule has 0 aliphatic rings. The normalized spacial score (nSPS) is 10.8. The van der Waals surface area contributed by atoms with E-state index in [1.54, 1.807) is 53.8 Å². The lowest BCUT2D eigenvalue weighted by molar-refractivity contribution is 0.102. The van der Waals surface area contributed by atoms with Crippen molar-refractivity contribution in [1.29, 1.82) is 0 Å². The van der Waals surface area contributed by atoms with Gasteiger partial charge in [-0.1, -0.05) is 11.6 Å². The molecular weight excluding hydrogens is 374 g/mol. The molecule has 1 amide bonds. The highest BCUT2D eigenvalue weighted by Gasteiger charge is 2.19. The topological polar surface area (TPSA) is 81.4 Å². The number of carbonyl (C=O) groups excluding carboxylic acids is 1. The maximum absolute atomic E-state index is 12.7. The molecule has 1 N–H and O–H groups in total. The molecule has 130 valence electrons. The minimum absolute atomic E-state index is 0.315. The maximum atomic E-state index is 12.7. The zero-order valence-electron chi connectivity index (χ0n) is 13.5. The van der Waals surface area contributed by atoms with Gasteiger partial charge in [0, 0.05) is 23.0 Å². The van der Waals surface area contributed by atoms with Crippen LogP contribution in [0.5, 0.6) is 5.75 Å². The number of nitrogens with one attached hydrogen (secondary N) is 1. The minimum Gasteiger partial charge on any atom is -0.496 e. The SMILES string of the molecule is COc1ccc(Cl)cc1-c1ncsc1NC(=O)c1cnn2cccnc12. The highest BCUT2D eigenvalue weighted by molar-refractivity contribution is 7.14. The van der Waals surface area contributed by atoms with Gasteiger partial charge in [0.2, 0.25) is 0 Å². The van der Waals surface area contributed by atoms with Crippen LogP contribution in [0.25, 0.3) is 16.9 Å². The Morgan fingerprint density at radius 1 is 1.35 bits per heavy atom. The molecule has 9 heteroatoms. The van der Waals surface area contributed by atoms with Crippen LogP contribution >= 0.6 is 22.9 Å². The maximum Gasteiger partial charge on any atom is 0.261 e. The Kier molecular flexibility index (Phi) is 4.27. The molecule has 0 atom stereocenters. The van der Waals surface area contributed by atoms with E-state index in [0.29, 0.717) is 38.2 Å². The third-order valence-electron chi connectivity index (χ3n) is 3.74. The molecule has 0 fully saturated rings. The van der Waals surface area contributed by atoms with Gasteiger partial charge in [0.25, 0.3) is 5.91 Å². The van der Waals surface area contributed by atoms with Crippen LogP contribution in [-0.4, -0.2) is 32.6 Å².